The molecule has 1 aliphatic heterocycles. The third-order valence-corrected chi connectivity index (χ3v) is 3.63. The molecule has 122 valence electrons. The zero-order chi connectivity index (χ0) is 16.9. The number of hydrogen-bond acceptors (Lipinski definition) is 4. The standard InChI is InChI=1S/C17H16N4O3/c22-15(19-10-11-5-3-4-8-18-11)9-14-17(24)20-13-7-2-1-6-12(13)16(23)21-14/h1-8,14H,9-10H2,(H,19,22)(H,20,24)(H,21,23)/t14-/m0/s1. The van der Waals surface area contributed by atoms with Crippen molar-refractivity contribution in [2.75, 3.05) is 5.32 Å². The van der Waals surface area contributed by atoms with Gasteiger partial charge in [0.25, 0.3) is 5.91 Å². The Hall–Kier alpha value is -3.22. The molecular weight excluding hydrogens is 308 g/mol. The number of carbonyl (C=O) groups is 3. The highest BCUT2D eigenvalue weighted by Gasteiger charge is 2.29. The Bertz CT molecular complexity index is 776. The van der Waals surface area contributed by atoms with Crippen molar-refractivity contribution in [1.82, 2.24) is 15.6 Å². The maximum atomic E-state index is 12.2. The number of para-hydroxylation sites is 1. The number of hydrogen-bond donors (Lipinski definition) is 3. The fourth-order valence-electron chi connectivity index (χ4n) is 2.40. The second-order valence-electron chi connectivity index (χ2n) is 5.36. The smallest absolute Gasteiger partial charge is 0.254 e. The van der Waals surface area contributed by atoms with E-state index in [-0.39, 0.29) is 24.8 Å². The Labute approximate surface area is 138 Å². The SMILES string of the molecule is O=C(C[C@@H]1NC(=O)c2ccccc2NC1=O)NCc1ccccn1. The average molecular weight is 324 g/mol. The summed E-state index contributed by atoms with van der Waals surface area (Å²) >= 11 is 0. The highest BCUT2D eigenvalue weighted by atomic mass is 16.2. The Morgan fingerprint density at radius 1 is 1.12 bits per heavy atom. The lowest BCUT2D eigenvalue weighted by molar-refractivity contribution is -0.125. The highest BCUT2D eigenvalue weighted by molar-refractivity contribution is 6.10. The molecule has 0 saturated heterocycles. The third kappa shape index (κ3) is 3.57. The number of nitrogens with zero attached hydrogens (tertiary/aromatic N) is 1. The van der Waals surface area contributed by atoms with E-state index in [0.717, 1.165) is 0 Å². The number of aromatic nitrogens is 1. The van der Waals surface area contributed by atoms with Gasteiger partial charge < -0.3 is 16.0 Å². The zero-order valence-corrected chi connectivity index (χ0v) is 12.8. The summed E-state index contributed by atoms with van der Waals surface area (Å²) in [5.74, 6) is -1.14. The van der Waals surface area contributed by atoms with Crippen LogP contribution in [0.5, 0.6) is 0 Å². The van der Waals surface area contributed by atoms with Crippen LogP contribution in [-0.4, -0.2) is 28.7 Å². The summed E-state index contributed by atoms with van der Waals surface area (Å²) in [6.45, 7) is 0.266. The molecule has 0 fully saturated rings. The van der Waals surface area contributed by atoms with Gasteiger partial charge in [-0.25, -0.2) is 0 Å². The molecule has 0 bridgehead atoms. The van der Waals surface area contributed by atoms with Crippen molar-refractivity contribution in [1.29, 1.82) is 0 Å². The van der Waals surface area contributed by atoms with Gasteiger partial charge in [-0.3, -0.25) is 19.4 Å². The molecule has 1 atom stereocenters. The van der Waals surface area contributed by atoms with Gasteiger partial charge in [0, 0.05) is 6.20 Å². The summed E-state index contributed by atoms with van der Waals surface area (Å²) < 4.78 is 0. The van der Waals surface area contributed by atoms with Gasteiger partial charge in [-0.05, 0) is 24.3 Å². The molecule has 2 heterocycles. The molecule has 7 nitrogen and oxygen atoms in total. The molecule has 0 unspecified atom stereocenters. The predicted octanol–water partition coefficient (Wildman–Crippen LogP) is 0.839. The predicted molar refractivity (Wildman–Crippen MR) is 87.0 cm³/mol. The van der Waals surface area contributed by atoms with Crippen LogP contribution in [0, 0.1) is 0 Å². The molecular formula is C17H16N4O3. The molecule has 1 aromatic carbocycles. The number of nitrogens with one attached hydrogen (secondary N) is 3. The summed E-state index contributed by atoms with van der Waals surface area (Å²) in [5.41, 5.74) is 1.53. The van der Waals surface area contributed by atoms with Crippen LogP contribution in [0.3, 0.4) is 0 Å². The molecule has 3 amide bonds. The molecule has 1 aliphatic rings. The summed E-state index contributed by atoms with van der Waals surface area (Å²) in [6.07, 6.45) is 1.50. The van der Waals surface area contributed by atoms with E-state index in [1.54, 1.807) is 42.6 Å². The quantitative estimate of drug-likeness (QED) is 0.776. The lowest BCUT2D eigenvalue weighted by Crippen LogP contribution is -2.44. The van der Waals surface area contributed by atoms with E-state index >= 15 is 0 Å². The maximum Gasteiger partial charge on any atom is 0.254 e. The number of anilines is 1. The molecule has 3 N–H and O–H groups in total. The van der Waals surface area contributed by atoms with Crippen LogP contribution in [0.25, 0.3) is 0 Å². The van der Waals surface area contributed by atoms with E-state index in [1.807, 2.05) is 6.07 Å². The van der Waals surface area contributed by atoms with E-state index in [1.165, 1.54) is 0 Å². The summed E-state index contributed by atoms with van der Waals surface area (Å²) in [6, 6.07) is 11.2. The van der Waals surface area contributed by atoms with Crippen molar-refractivity contribution in [2.24, 2.45) is 0 Å². The topological polar surface area (TPSA) is 100 Å². The Kier molecular flexibility index (Phi) is 4.51. The lowest BCUT2D eigenvalue weighted by atomic mass is 10.1. The van der Waals surface area contributed by atoms with Crippen molar-refractivity contribution in [3.8, 4) is 0 Å². The van der Waals surface area contributed by atoms with Crippen LogP contribution >= 0.6 is 0 Å². The van der Waals surface area contributed by atoms with E-state index < -0.39 is 11.9 Å². The number of pyridine rings is 1. The number of rotatable bonds is 4. The second kappa shape index (κ2) is 6.91. The maximum absolute atomic E-state index is 12.2. The average Bonchev–Trinajstić information content (AvgIpc) is 2.71. The van der Waals surface area contributed by atoms with Gasteiger partial charge in [-0.15, -0.1) is 0 Å². The molecule has 0 radical (unpaired) electrons. The number of carbonyl (C=O) groups excluding carboxylic acids is 3. The number of fused-ring (bicyclic) bond motifs is 1. The Morgan fingerprint density at radius 3 is 2.71 bits per heavy atom. The van der Waals surface area contributed by atoms with E-state index in [2.05, 4.69) is 20.9 Å². The van der Waals surface area contributed by atoms with Crippen LogP contribution in [-0.2, 0) is 16.1 Å². The van der Waals surface area contributed by atoms with Crippen molar-refractivity contribution >= 4 is 23.4 Å². The van der Waals surface area contributed by atoms with Gasteiger partial charge in [0.15, 0.2) is 0 Å². The second-order valence-corrected chi connectivity index (χ2v) is 5.36. The molecule has 3 rings (SSSR count). The van der Waals surface area contributed by atoms with Crippen LogP contribution in [0.4, 0.5) is 5.69 Å². The molecule has 1 aromatic heterocycles. The Balaban J connectivity index is 1.62. The van der Waals surface area contributed by atoms with Crippen molar-refractivity contribution in [2.45, 2.75) is 19.0 Å². The summed E-state index contributed by atoms with van der Waals surface area (Å²) in [5, 5.41) is 7.94. The van der Waals surface area contributed by atoms with E-state index in [9.17, 15) is 14.4 Å². The normalized spacial score (nSPS) is 16.4. The highest BCUT2D eigenvalue weighted by Crippen LogP contribution is 2.18. The van der Waals surface area contributed by atoms with Gasteiger partial charge in [0.05, 0.1) is 29.9 Å². The molecule has 0 spiro atoms. The van der Waals surface area contributed by atoms with E-state index in [4.69, 9.17) is 0 Å². The van der Waals surface area contributed by atoms with E-state index in [0.29, 0.717) is 16.9 Å². The fourth-order valence-corrected chi connectivity index (χ4v) is 2.40. The first-order valence-electron chi connectivity index (χ1n) is 7.51. The molecule has 0 aliphatic carbocycles. The molecule has 2 aromatic rings. The lowest BCUT2D eigenvalue weighted by Gasteiger charge is -2.14. The number of benzene rings is 1. The molecule has 0 saturated carbocycles. The minimum absolute atomic E-state index is 0.140. The first-order chi connectivity index (χ1) is 11.6. The van der Waals surface area contributed by atoms with Crippen molar-refractivity contribution in [3.05, 3.63) is 59.9 Å². The summed E-state index contributed by atoms with van der Waals surface area (Å²) in [7, 11) is 0. The Morgan fingerprint density at radius 2 is 1.92 bits per heavy atom. The van der Waals surface area contributed by atoms with Gasteiger partial charge in [0.2, 0.25) is 11.8 Å². The van der Waals surface area contributed by atoms with Gasteiger partial charge in [-0.2, -0.15) is 0 Å². The largest absolute Gasteiger partial charge is 0.350 e. The molecule has 7 heteroatoms. The monoisotopic (exact) mass is 324 g/mol. The third-order valence-electron chi connectivity index (χ3n) is 3.63. The van der Waals surface area contributed by atoms with Gasteiger partial charge in [-0.1, -0.05) is 18.2 Å². The van der Waals surface area contributed by atoms with Crippen LogP contribution in [0.15, 0.2) is 48.7 Å². The van der Waals surface area contributed by atoms with Gasteiger partial charge >= 0.3 is 0 Å². The molecule has 24 heavy (non-hydrogen) atoms. The zero-order valence-electron chi connectivity index (χ0n) is 12.8. The first kappa shape index (κ1) is 15.7. The van der Waals surface area contributed by atoms with Crippen LogP contribution < -0.4 is 16.0 Å². The van der Waals surface area contributed by atoms with Crippen molar-refractivity contribution < 1.29 is 14.4 Å². The van der Waals surface area contributed by atoms with Crippen LogP contribution in [0.2, 0.25) is 0 Å². The number of amides is 3. The first-order valence-corrected chi connectivity index (χ1v) is 7.51. The van der Waals surface area contributed by atoms with Crippen LogP contribution in [0.1, 0.15) is 22.5 Å². The minimum atomic E-state index is -0.923. The minimum Gasteiger partial charge on any atom is -0.350 e. The van der Waals surface area contributed by atoms with Gasteiger partial charge in [0.1, 0.15) is 6.04 Å². The summed E-state index contributed by atoms with van der Waals surface area (Å²) in [4.78, 5) is 40.5. The fraction of sp³-hybridized carbons (Fsp3) is 0.176. The van der Waals surface area contributed by atoms with Crippen molar-refractivity contribution in [3.63, 3.8) is 0 Å².